The van der Waals surface area contributed by atoms with E-state index in [1.165, 1.54) is 0 Å². The molecule has 0 atom stereocenters. The van der Waals surface area contributed by atoms with Crippen LogP contribution in [0.25, 0.3) is 0 Å². The zero-order chi connectivity index (χ0) is 12.2. The van der Waals surface area contributed by atoms with E-state index < -0.39 is 0 Å². The van der Waals surface area contributed by atoms with Gasteiger partial charge in [-0.3, -0.25) is 4.99 Å². The molecule has 0 aromatic heterocycles. The van der Waals surface area contributed by atoms with Gasteiger partial charge < -0.3 is 0 Å². The van der Waals surface area contributed by atoms with Gasteiger partial charge in [0.05, 0.1) is 5.70 Å². The molecule has 0 rings (SSSR count). The minimum absolute atomic E-state index is 0.872. The Morgan fingerprint density at radius 2 is 1.56 bits per heavy atom. The first-order valence-electron chi connectivity index (χ1n) is 5.23. The minimum Gasteiger partial charge on any atom is -0.256 e. The lowest BCUT2D eigenvalue weighted by Gasteiger charge is -1.93. The lowest BCUT2D eigenvalue weighted by atomic mass is 10.2. The Hall–Kier alpha value is -1.89. The van der Waals surface area contributed by atoms with Crippen LogP contribution in [0.1, 0.15) is 13.8 Å². The number of allylic oxidation sites excluding steroid dienone is 9. The van der Waals surface area contributed by atoms with E-state index in [0.717, 1.165) is 11.3 Å². The summed E-state index contributed by atoms with van der Waals surface area (Å²) in [5, 5.41) is 0. The van der Waals surface area contributed by atoms with E-state index in [1.54, 1.807) is 18.4 Å². The summed E-state index contributed by atoms with van der Waals surface area (Å²) in [5.41, 5.74) is 1.88. The highest BCUT2D eigenvalue weighted by Crippen LogP contribution is 2.02. The van der Waals surface area contributed by atoms with Gasteiger partial charge in [-0.15, -0.1) is 0 Å². The maximum atomic E-state index is 4.35. The number of aliphatic imine (C=N–C) groups is 1. The van der Waals surface area contributed by atoms with Crippen molar-refractivity contribution < 1.29 is 0 Å². The van der Waals surface area contributed by atoms with Gasteiger partial charge in [-0.25, -0.2) is 0 Å². The predicted molar refractivity (Wildman–Crippen MR) is 74.7 cm³/mol. The average molecular weight is 213 g/mol. The zero-order valence-corrected chi connectivity index (χ0v) is 10.1. The molecule has 0 N–H and O–H groups in total. The number of rotatable bonds is 6. The van der Waals surface area contributed by atoms with Gasteiger partial charge >= 0.3 is 0 Å². The van der Waals surface area contributed by atoms with Crippen LogP contribution in [-0.4, -0.2) is 6.21 Å². The molecule has 16 heavy (non-hydrogen) atoms. The minimum atomic E-state index is 0.872. The Labute approximate surface area is 98.6 Å². The zero-order valence-electron chi connectivity index (χ0n) is 10.1. The van der Waals surface area contributed by atoms with Gasteiger partial charge in [0.25, 0.3) is 0 Å². The summed E-state index contributed by atoms with van der Waals surface area (Å²) in [6, 6.07) is 0. The number of hydrogen-bond donors (Lipinski definition) is 0. The molecule has 0 aliphatic carbocycles. The highest BCUT2D eigenvalue weighted by molar-refractivity contribution is 5.83. The van der Waals surface area contributed by atoms with Gasteiger partial charge in [-0.2, -0.15) is 0 Å². The van der Waals surface area contributed by atoms with Gasteiger partial charge in [0.1, 0.15) is 0 Å². The van der Waals surface area contributed by atoms with Gasteiger partial charge in [-0.1, -0.05) is 49.6 Å². The fourth-order valence-electron chi connectivity index (χ4n) is 1.05. The quantitative estimate of drug-likeness (QED) is 0.458. The summed E-state index contributed by atoms with van der Waals surface area (Å²) >= 11 is 0. The van der Waals surface area contributed by atoms with Crippen molar-refractivity contribution in [3.05, 3.63) is 73.0 Å². The van der Waals surface area contributed by atoms with Crippen LogP contribution in [0.4, 0.5) is 0 Å². The number of nitrogens with zero attached hydrogens (tertiary/aromatic N) is 1. The molecule has 0 aliphatic rings. The first-order valence-corrected chi connectivity index (χ1v) is 5.23. The summed E-state index contributed by atoms with van der Waals surface area (Å²) in [7, 11) is 0. The van der Waals surface area contributed by atoms with Crippen LogP contribution >= 0.6 is 0 Å². The molecule has 1 nitrogen and oxygen atoms in total. The van der Waals surface area contributed by atoms with E-state index in [9.17, 15) is 0 Å². The Balaban J connectivity index is 4.89. The molecule has 0 spiro atoms. The fraction of sp³-hybridized carbons (Fsp3) is 0.133. The Morgan fingerprint density at radius 3 is 2.06 bits per heavy atom. The van der Waals surface area contributed by atoms with Crippen molar-refractivity contribution in [1.29, 1.82) is 0 Å². The molecule has 0 radical (unpaired) electrons. The van der Waals surface area contributed by atoms with Crippen LogP contribution in [0.5, 0.6) is 0 Å². The van der Waals surface area contributed by atoms with E-state index in [2.05, 4.69) is 18.2 Å². The van der Waals surface area contributed by atoms with Crippen LogP contribution < -0.4 is 0 Å². The van der Waals surface area contributed by atoms with Crippen LogP contribution in [0.15, 0.2) is 78.0 Å². The second-order valence-electron chi connectivity index (χ2n) is 2.99. The molecule has 0 aromatic carbocycles. The van der Waals surface area contributed by atoms with Crippen molar-refractivity contribution in [2.24, 2.45) is 4.99 Å². The average Bonchev–Trinajstić information content (AvgIpc) is 2.27. The lowest BCUT2D eigenvalue weighted by Crippen LogP contribution is -1.81. The van der Waals surface area contributed by atoms with Gasteiger partial charge in [0.2, 0.25) is 0 Å². The normalized spacial score (nSPS) is 14.1. The summed E-state index contributed by atoms with van der Waals surface area (Å²) in [6.45, 7) is 11.2. The molecule has 0 aromatic rings. The summed E-state index contributed by atoms with van der Waals surface area (Å²) in [5.74, 6) is 0. The first kappa shape index (κ1) is 14.1. The topological polar surface area (TPSA) is 12.4 Å². The molecule has 0 heterocycles. The van der Waals surface area contributed by atoms with Crippen LogP contribution in [0.2, 0.25) is 0 Å². The molecule has 1 heteroatoms. The third-order valence-electron chi connectivity index (χ3n) is 1.66. The maximum absolute atomic E-state index is 4.35. The largest absolute Gasteiger partial charge is 0.256 e. The van der Waals surface area contributed by atoms with E-state index in [4.69, 9.17) is 0 Å². The van der Waals surface area contributed by atoms with E-state index >= 15 is 0 Å². The second kappa shape index (κ2) is 9.66. The van der Waals surface area contributed by atoms with Crippen LogP contribution in [-0.2, 0) is 0 Å². The second-order valence-corrected chi connectivity index (χ2v) is 2.99. The molecule has 0 saturated heterocycles. The third-order valence-corrected chi connectivity index (χ3v) is 1.66. The molecule has 0 bridgehead atoms. The maximum Gasteiger partial charge on any atom is 0.0626 e. The smallest absolute Gasteiger partial charge is 0.0626 e. The van der Waals surface area contributed by atoms with Crippen LogP contribution in [0, 0.1) is 0 Å². The predicted octanol–water partition coefficient (Wildman–Crippen LogP) is 4.39. The Bertz CT molecular complexity index is 327. The van der Waals surface area contributed by atoms with Gasteiger partial charge in [0, 0.05) is 6.21 Å². The molecule has 0 amide bonds. The van der Waals surface area contributed by atoms with Crippen molar-refractivity contribution in [3.63, 3.8) is 0 Å². The fourth-order valence-corrected chi connectivity index (χ4v) is 1.05. The lowest BCUT2D eigenvalue weighted by molar-refractivity contribution is 1.41. The van der Waals surface area contributed by atoms with Crippen molar-refractivity contribution in [2.75, 3.05) is 0 Å². The van der Waals surface area contributed by atoms with E-state index in [1.807, 2.05) is 50.3 Å². The van der Waals surface area contributed by atoms with Crippen molar-refractivity contribution in [2.45, 2.75) is 13.8 Å². The van der Waals surface area contributed by atoms with Crippen LogP contribution in [0.3, 0.4) is 0 Å². The SMILES string of the molecule is C=C/C=C(\C=C/C)/C=N/C(/C=C\C)=C/C=C. The highest BCUT2D eigenvalue weighted by atomic mass is 14.7. The standard InChI is InChI=1S/C15H19N/c1-5-9-14(10-6-2)13-16-15(11-7-3)12-8-4/h5-13H,1,3H2,2,4H3/b10-6-,12-8-,14-9+,15-11+,16-13+. The van der Waals surface area contributed by atoms with Crippen molar-refractivity contribution in [3.8, 4) is 0 Å². The first-order chi connectivity index (χ1) is 7.78. The monoisotopic (exact) mass is 213 g/mol. The highest BCUT2D eigenvalue weighted by Gasteiger charge is 1.86. The molecule has 0 fully saturated rings. The van der Waals surface area contributed by atoms with Gasteiger partial charge in [-0.05, 0) is 31.6 Å². The van der Waals surface area contributed by atoms with Gasteiger partial charge in [0.15, 0.2) is 0 Å². The molecular formula is C15H19N. The molecule has 0 unspecified atom stereocenters. The Morgan fingerprint density at radius 1 is 0.938 bits per heavy atom. The third kappa shape index (κ3) is 6.55. The molecule has 0 saturated carbocycles. The summed E-state index contributed by atoms with van der Waals surface area (Å²) in [4.78, 5) is 4.35. The summed E-state index contributed by atoms with van der Waals surface area (Å²) < 4.78 is 0. The van der Waals surface area contributed by atoms with E-state index in [0.29, 0.717) is 0 Å². The summed E-state index contributed by atoms with van der Waals surface area (Å²) in [6.07, 6.45) is 16.9. The molecule has 0 aliphatic heterocycles. The number of hydrogen-bond acceptors (Lipinski definition) is 1. The molecule has 84 valence electrons. The van der Waals surface area contributed by atoms with E-state index in [-0.39, 0.29) is 0 Å². The van der Waals surface area contributed by atoms with Crippen molar-refractivity contribution >= 4 is 6.21 Å². The molecular weight excluding hydrogens is 194 g/mol. The Kier molecular flexibility index (Phi) is 8.52. The van der Waals surface area contributed by atoms with Crippen molar-refractivity contribution in [1.82, 2.24) is 0 Å².